The number of aryl methyl sites for hydroxylation is 1. The molecule has 0 atom stereocenters. The summed E-state index contributed by atoms with van der Waals surface area (Å²) in [5.41, 5.74) is 5.00. The first-order valence-electron chi connectivity index (χ1n) is 10.3. The van der Waals surface area contributed by atoms with Gasteiger partial charge in [-0.05, 0) is 81.2 Å². The molecule has 0 aliphatic carbocycles. The van der Waals surface area contributed by atoms with Gasteiger partial charge in [0.2, 0.25) is 6.01 Å². The Labute approximate surface area is 191 Å². The molecular weight excluding hydrogens is 439 g/mol. The highest BCUT2D eigenvalue weighted by Crippen LogP contribution is 2.41. The van der Waals surface area contributed by atoms with Crippen molar-refractivity contribution < 1.29 is 22.5 Å². The molecule has 5 rings (SSSR count). The molecule has 33 heavy (non-hydrogen) atoms. The van der Waals surface area contributed by atoms with Gasteiger partial charge in [0, 0.05) is 5.39 Å². The molecule has 0 amide bonds. The van der Waals surface area contributed by atoms with Crippen LogP contribution in [-0.2, 0) is 10.1 Å². The minimum Gasteiger partial charge on any atom is -0.507 e. The van der Waals surface area contributed by atoms with Gasteiger partial charge in [-0.2, -0.15) is 8.42 Å². The van der Waals surface area contributed by atoms with Crippen molar-refractivity contribution in [3.8, 4) is 16.9 Å². The number of hydrogen-bond acceptors (Lipinski definition) is 3. The third kappa shape index (κ3) is 4.53. The van der Waals surface area contributed by atoms with E-state index in [0.717, 1.165) is 10.8 Å². The van der Waals surface area contributed by atoms with Crippen molar-refractivity contribution in [2.24, 2.45) is 0 Å². The van der Waals surface area contributed by atoms with E-state index in [1.165, 1.54) is 43.8 Å². The Morgan fingerprint density at radius 3 is 1.97 bits per heavy atom. The summed E-state index contributed by atoms with van der Waals surface area (Å²) in [4.78, 5) is 0. The van der Waals surface area contributed by atoms with Crippen LogP contribution >= 0.6 is 0 Å². The van der Waals surface area contributed by atoms with Gasteiger partial charge < -0.3 is 5.11 Å². The highest BCUT2D eigenvalue weighted by molar-refractivity contribution is 7.85. The number of fused-ring (bicyclic) bond motifs is 3. The number of hydrogen-bond donors (Lipinski definition) is 2. The summed E-state index contributed by atoms with van der Waals surface area (Å²) in [6.07, 6.45) is 0. The molecule has 168 valence electrons. The van der Waals surface area contributed by atoms with Crippen LogP contribution in [0.4, 0.5) is 4.39 Å². The molecule has 0 spiro atoms. The zero-order valence-corrected chi connectivity index (χ0v) is 19.0. The minimum atomic E-state index is -4.33. The number of rotatable bonds is 2. The third-order valence-corrected chi connectivity index (χ3v) is 6.11. The molecule has 0 heterocycles. The van der Waals surface area contributed by atoms with Crippen LogP contribution in [0.5, 0.6) is 5.75 Å². The molecule has 0 saturated carbocycles. The van der Waals surface area contributed by atoms with Crippen molar-refractivity contribution in [1.29, 1.82) is 0 Å². The molecule has 0 aliphatic rings. The van der Waals surface area contributed by atoms with Crippen LogP contribution in [-0.4, -0.2) is 24.1 Å². The van der Waals surface area contributed by atoms with Crippen LogP contribution < -0.4 is 0 Å². The Hall–Kier alpha value is -3.48. The highest BCUT2D eigenvalue weighted by atomic mass is 32.2. The van der Waals surface area contributed by atoms with Gasteiger partial charge in [-0.3, -0.25) is 4.55 Å². The van der Waals surface area contributed by atoms with Crippen LogP contribution in [0.1, 0.15) is 11.1 Å². The fourth-order valence-corrected chi connectivity index (χ4v) is 4.18. The number of benzene rings is 5. The molecule has 0 aliphatic heterocycles. The largest absolute Gasteiger partial charge is 0.507 e. The first-order chi connectivity index (χ1) is 15.7. The molecule has 4 nitrogen and oxygen atoms in total. The molecule has 0 radical (unpaired) electrons. The van der Waals surface area contributed by atoms with Crippen molar-refractivity contribution in [1.82, 2.24) is 0 Å². The highest BCUT2D eigenvalue weighted by Gasteiger charge is 2.15. The van der Waals surface area contributed by atoms with Crippen molar-refractivity contribution >= 4 is 42.4 Å². The van der Waals surface area contributed by atoms with Gasteiger partial charge in [-0.15, -0.1) is 0 Å². The van der Waals surface area contributed by atoms with Gasteiger partial charge in [0.15, 0.2) is 0 Å². The van der Waals surface area contributed by atoms with E-state index in [1.807, 2.05) is 30.3 Å². The quantitative estimate of drug-likeness (QED) is 0.220. The Morgan fingerprint density at radius 2 is 1.33 bits per heavy atom. The zero-order chi connectivity index (χ0) is 23.8. The van der Waals surface area contributed by atoms with Crippen molar-refractivity contribution in [3.05, 3.63) is 90.0 Å². The molecular formula is C27H23FO4S. The summed E-state index contributed by atoms with van der Waals surface area (Å²) >= 11 is 0. The lowest BCUT2D eigenvalue weighted by molar-refractivity contribution is 0.447. The maximum absolute atomic E-state index is 10.7. The van der Waals surface area contributed by atoms with Gasteiger partial charge in [0.1, 0.15) is 5.75 Å². The molecule has 0 fully saturated rings. The maximum atomic E-state index is 10.7. The number of phenolic OH excluding ortho intramolecular Hbond substituents is 1. The van der Waals surface area contributed by atoms with Crippen molar-refractivity contribution in [2.75, 3.05) is 6.01 Å². The van der Waals surface area contributed by atoms with Crippen LogP contribution in [0, 0.1) is 13.8 Å². The smallest absolute Gasteiger partial charge is 0.294 e. The van der Waals surface area contributed by atoms with Crippen LogP contribution in [0.2, 0.25) is 0 Å². The number of phenols is 1. The molecule has 5 aromatic rings. The minimum absolute atomic E-state index is 0.328. The molecule has 0 saturated heterocycles. The van der Waals surface area contributed by atoms with Gasteiger partial charge in [0.25, 0.3) is 10.1 Å². The van der Waals surface area contributed by atoms with Gasteiger partial charge >= 0.3 is 0 Å². The third-order valence-electron chi connectivity index (χ3n) is 5.83. The molecule has 0 aromatic heterocycles. The second-order valence-electron chi connectivity index (χ2n) is 7.98. The van der Waals surface area contributed by atoms with Crippen molar-refractivity contribution in [3.63, 3.8) is 0 Å². The molecule has 0 unspecified atom stereocenters. The lowest BCUT2D eigenvalue weighted by Crippen LogP contribution is -1.96. The average Bonchev–Trinajstić information content (AvgIpc) is 2.80. The Balaban J connectivity index is 0.000000385. The summed E-state index contributed by atoms with van der Waals surface area (Å²) in [7, 11) is -4.33. The summed E-state index contributed by atoms with van der Waals surface area (Å²) < 4.78 is 36.4. The molecule has 5 aromatic carbocycles. The van der Waals surface area contributed by atoms with Crippen LogP contribution in [0.3, 0.4) is 0 Å². The van der Waals surface area contributed by atoms with E-state index in [-0.39, 0.29) is 0 Å². The summed E-state index contributed by atoms with van der Waals surface area (Å²) in [6.45, 7) is 4.37. The number of aromatic hydroxyl groups is 1. The lowest BCUT2D eigenvalue weighted by Gasteiger charge is -2.17. The monoisotopic (exact) mass is 462 g/mol. The van der Waals surface area contributed by atoms with Gasteiger partial charge in [0.05, 0.1) is 0 Å². The van der Waals surface area contributed by atoms with Crippen LogP contribution in [0.25, 0.3) is 43.4 Å². The predicted octanol–water partition coefficient (Wildman–Crippen LogP) is 6.94. The first-order valence-corrected chi connectivity index (χ1v) is 12.0. The van der Waals surface area contributed by atoms with Crippen molar-refractivity contribution in [2.45, 2.75) is 13.8 Å². The van der Waals surface area contributed by atoms with E-state index < -0.39 is 16.1 Å². The SMILES string of the molecule is Cc1cc2cc3ccccc3cc2c(-c2ccc(O)c3ccccc23)c1C.O=S(=O)(O)CF. The Morgan fingerprint density at radius 1 is 0.758 bits per heavy atom. The second-order valence-corrected chi connectivity index (χ2v) is 9.36. The summed E-state index contributed by atoms with van der Waals surface area (Å²) in [5.74, 6) is 0.328. The fourth-order valence-electron chi connectivity index (χ4n) is 4.18. The zero-order valence-electron chi connectivity index (χ0n) is 18.2. The average molecular weight is 463 g/mol. The molecule has 2 N–H and O–H groups in total. The van der Waals surface area contributed by atoms with E-state index in [0.29, 0.717) is 5.75 Å². The topological polar surface area (TPSA) is 74.6 Å². The second kappa shape index (κ2) is 8.81. The fraction of sp³-hybridized carbons (Fsp3) is 0.111. The number of halogens is 1. The van der Waals surface area contributed by atoms with E-state index in [9.17, 15) is 17.9 Å². The summed E-state index contributed by atoms with van der Waals surface area (Å²) in [6, 6.07) is 25.6. The predicted molar refractivity (Wildman–Crippen MR) is 133 cm³/mol. The lowest BCUT2D eigenvalue weighted by atomic mass is 9.87. The summed E-state index contributed by atoms with van der Waals surface area (Å²) in [5, 5.41) is 17.3. The number of alkyl halides is 1. The molecule has 0 bridgehead atoms. The normalized spacial score (nSPS) is 11.5. The molecule has 6 heteroatoms. The Kier molecular flexibility index (Phi) is 6.06. The van der Waals surface area contributed by atoms with E-state index in [4.69, 9.17) is 4.55 Å². The van der Waals surface area contributed by atoms with E-state index in [1.54, 1.807) is 0 Å². The first kappa shape index (κ1) is 22.7. The van der Waals surface area contributed by atoms with Gasteiger partial charge in [-0.25, -0.2) is 4.39 Å². The van der Waals surface area contributed by atoms with E-state index in [2.05, 4.69) is 62.4 Å². The Bertz CT molecular complexity index is 1610. The maximum Gasteiger partial charge on any atom is 0.294 e. The standard InChI is InChI=1S/C26H20O.CH3FO3S/c1-16-13-20-14-18-7-3-4-8-19(18)15-24(20)26(17(16)2)23-11-12-25(27)22-10-6-5-9-21(22)23;2-1-6(3,4)5/h3-15,27H,1-2H3;1H2,(H,3,4,5). The van der Waals surface area contributed by atoms with Gasteiger partial charge in [-0.1, -0.05) is 60.7 Å². The van der Waals surface area contributed by atoms with E-state index >= 15 is 0 Å². The van der Waals surface area contributed by atoms with Crippen LogP contribution in [0.15, 0.2) is 78.9 Å².